The average Bonchev–Trinajstić information content (AvgIpc) is 2.58. The van der Waals surface area contributed by atoms with Crippen molar-refractivity contribution in [1.82, 2.24) is 4.90 Å². The van der Waals surface area contributed by atoms with Crippen LogP contribution in [0.1, 0.15) is 25.8 Å². The van der Waals surface area contributed by atoms with Crippen LogP contribution in [0.25, 0.3) is 0 Å². The molecule has 0 saturated heterocycles. The largest absolute Gasteiger partial charge is 0.370 e. The summed E-state index contributed by atoms with van der Waals surface area (Å²) in [5, 5.41) is 1.30. The maximum absolute atomic E-state index is 6.31. The first-order chi connectivity index (χ1) is 8.49. The first-order valence-corrected chi connectivity index (χ1v) is 6.77. The van der Waals surface area contributed by atoms with Crippen molar-refractivity contribution in [3.8, 4) is 0 Å². The van der Waals surface area contributed by atoms with Crippen LogP contribution in [0.4, 0.5) is 0 Å². The molecule has 0 aliphatic carbocycles. The van der Waals surface area contributed by atoms with Crippen LogP contribution in [0, 0.1) is 0 Å². The van der Waals surface area contributed by atoms with Crippen molar-refractivity contribution in [2.45, 2.75) is 25.8 Å². The third-order valence-electron chi connectivity index (χ3n) is 3.38. The van der Waals surface area contributed by atoms with E-state index < -0.39 is 0 Å². The maximum atomic E-state index is 6.31. The lowest BCUT2D eigenvalue weighted by Gasteiger charge is -2.37. The summed E-state index contributed by atoms with van der Waals surface area (Å²) < 4.78 is 0. The van der Waals surface area contributed by atoms with Crippen molar-refractivity contribution >= 4 is 29.2 Å². The fourth-order valence-electron chi connectivity index (χ4n) is 2.40. The van der Waals surface area contributed by atoms with Crippen LogP contribution in [0.5, 0.6) is 0 Å². The number of rotatable bonds is 3. The molecule has 1 unspecified atom stereocenters. The lowest BCUT2D eigenvalue weighted by atomic mass is 9.91. The normalized spacial score (nSPS) is 23.3. The predicted octanol–water partition coefficient (Wildman–Crippen LogP) is 3.25. The zero-order chi connectivity index (χ0) is 13.3. The molecule has 2 N–H and O–H groups in total. The molecule has 0 amide bonds. The summed E-state index contributed by atoms with van der Waals surface area (Å²) in [4.78, 5) is 6.47. The summed E-state index contributed by atoms with van der Waals surface area (Å²) >= 11 is 12.3. The summed E-state index contributed by atoms with van der Waals surface area (Å²) in [6.07, 6.45) is 1.01. The average molecular weight is 286 g/mol. The van der Waals surface area contributed by atoms with Gasteiger partial charge in [-0.05, 0) is 31.0 Å². The van der Waals surface area contributed by atoms with Gasteiger partial charge in [-0.1, -0.05) is 36.2 Å². The molecule has 18 heavy (non-hydrogen) atoms. The van der Waals surface area contributed by atoms with Crippen molar-refractivity contribution in [3.05, 3.63) is 33.8 Å². The number of halogens is 2. The summed E-state index contributed by atoms with van der Waals surface area (Å²) in [6, 6.07) is 5.58. The Morgan fingerprint density at radius 2 is 2.17 bits per heavy atom. The third-order valence-corrected chi connectivity index (χ3v) is 3.93. The van der Waals surface area contributed by atoms with E-state index in [0.29, 0.717) is 22.5 Å². The minimum absolute atomic E-state index is 0.276. The summed E-state index contributed by atoms with van der Waals surface area (Å²) in [5.41, 5.74) is 6.71. The Morgan fingerprint density at radius 3 is 2.78 bits per heavy atom. The van der Waals surface area contributed by atoms with E-state index in [1.165, 1.54) is 0 Å². The van der Waals surface area contributed by atoms with E-state index in [-0.39, 0.29) is 5.54 Å². The molecule has 1 atom stereocenters. The lowest BCUT2D eigenvalue weighted by molar-refractivity contribution is 0.225. The molecular formula is C13H17Cl2N3. The van der Waals surface area contributed by atoms with Gasteiger partial charge in [0, 0.05) is 16.6 Å². The fourth-order valence-corrected chi connectivity index (χ4v) is 3.01. The third kappa shape index (κ3) is 2.17. The Kier molecular flexibility index (Phi) is 3.74. The number of guanidine groups is 1. The molecule has 0 spiro atoms. The van der Waals surface area contributed by atoms with Gasteiger partial charge in [0.05, 0.1) is 12.1 Å². The number of nitrogens with zero attached hydrogens (tertiary/aromatic N) is 2. The quantitative estimate of drug-likeness (QED) is 0.926. The molecule has 0 radical (unpaired) electrons. The van der Waals surface area contributed by atoms with E-state index in [4.69, 9.17) is 28.9 Å². The minimum atomic E-state index is -0.276. The second-order valence-corrected chi connectivity index (χ2v) is 5.57. The Labute approximate surface area is 118 Å². The molecule has 0 fully saturated rings. The Bertz CT molecular complexity index is 487. The smallest absolute Gasteiger partial charge is 0.192 e. The monoisotopic (exact) mass is 285 g/mol. The molecule has 0 bridgehead atoms. The van der Waals surface area contributed by atoms with E-state index in [1.807, 2.05) is 12.1 Å². The fraction of sp³-hybridized carbons (Fsp3) is 0.462. The molecule has 2 rings (SSSR count). The van der Waals surface area contributed by atoms with Gasteiger partial charge in [-0.25, -0.2) is 0 Å². The maximum Gasteiger partial charge on any atom is 0.192 e. The van der Waals surface area contributed by atoms with Crippen LogP contribution in [-0.2, 0) is 5.54 Å². The Morgan fingerprint density at radius 1 is 1.44 bits per heavy atom. The summed E-state index contributed by atoms with van der Waals surface area (Å²) in [6.45, 7) is 5.72. The van der Waals surface area contributed by atoms with Crippen LogP contribution >= 0.6 is 23.2 Å². The highest BCUT2D eigenvalue weighted by Gasteiger charge is 2.40. The van der Waals surface area contributed by atoms with Gasteiger partial charge in [0.15, 0.2) is 5.96 Å². The van der Waals surface area contributed by atoms with Gasteiger partial charge in [0.2, 0.25) is 0 Å². The van der Waals surface area contributed by atoms with Crippen molar-refractivity contribution in [2.24, 2.45) is 10.7 Å². The Hall–Kier alpha value is -0.930. The molecule has 1 aliphatic heterocycles. The molecule has 98 valence electrons. The van der Waals surface area contributed by atoms with Gasteiger partial charge >= 0.3 is 0 Å². The summed E-state index contributed by atoms with van der Waals surface area (Å²) in [5.74, 6) is 0.588. The highest BCUT2D eigenvalue weighted by Crippen LogP contribution is 2.37. The van der Waals surface area contributed by atoms with Crippen LogP contribution in [-0.4, -0.2) is 23.9 Å². The molecule has 0 saturated carbocycles. The van der Waals surface area contributed by atoms with Gasteiger partial charge in [0.25, 0.3) is 0 Å². The molecule has 5 heteroatoms. The second kappa shape index (κ2) is 4.98. The number of nitrogens with two attached hydrogens (primary N) is 1. The van der Waals surface area contributed by atoms with E-state index >= 15 is 0 Å². The van der Waals surface area contributed by atoms with Crippen molar-refractivity contribution in [3.63, 3.8) is 0 Å². The first kappa shape index (κ1) is 13.5. The van der Waals surface area contributed by atoms with Crippen molar-refractivity contribution in [2.75, 3.05) is 13.1 Å². The van der Waals surface area contributed by atoms with Crippen molar-refractivity contribution < 1.29 is 0 Å². The minimum Gasteiger partial charge on any atom is -0.370 e. The van der Waals surface area contributed by atoms with Crippen LogP contribution in [0.2, 0.25) is 10.0 Å². The van der Waals surface area contributed by atoms with E-state index in [2.05, 4.69) is 23.7 Å². The number of benzene rings is 1. The Balaban J connectivity index is 2.42. The van der Waals surface area contributed by atoms with Gasteiger partial charge in [-0.2, -0.15) is 0 Å². The first-order valence-electron chi connectivity index (χ1n) is 6.02. The van der Waals surface area contributed by atoms with Gasteiger partial charge < -0.3 is 10.6 Å². The molecule has 1 aromatic carbocycles. The standard InChI is InChI=1S/C13H17Cl2N3/c1-3-6-18-12(16)17-8-13(18,2)10-5-4-9(14)7-11(10)15/h4-5,7H,3,6,8H2,1-2H3,(H2,16,17). The van der Waals surface area contributed by atoms with Gasteiger partial charge in [-0.15, -0.1) is 0 Å². The SMILES string of the molecule is CCCN1C(N)=NCC1(C)c1ccc(Cl)cc1Cl. The summed E-state index contributed by atoms with van der Waals surface area (Å²) in [7, 11) is 0. The lowest BCUT2D eigenvalue weighted by Crippen LogP contribution is -2.47. The highest BCUT2D eigenvalue weighted by atomic mass is 35.5. The predicted molar refractivity (Wildman–Crippen MR) is 77.3 cm³/mol. The number of hydrogen-bond acceptors (Lipinski definition) is 3. The second-order valence-electron chi connectivity index (χ2n) is 4.72. The van der Waals surface area contributed by atoms with Gasteiger partial charge in [0.1, 0.15) is 0 Å². The van der Waals surface area contributed by atoms with Gasteiger partial charge in [-0.3, -0.25) is 4.99 Å². The zero-order valence-electron chi connectivity index (χ0n) is 10.6. The molecular weight excluding hydrogens is 269 g/mol. The zero-order valence-corrected chi connectivity index (χ0v) is 12.1. The van der Waals surface area contributed by atoms with Crippen LogP contribution in [0.3, 0.4) is 0 Å². The van der Waals surface area contributed by atoms with Crippen LogP contribution in [0.15, 0.2) is 23.2 Å². The van der Waals surface area contributed by atoms with E-state index in [1.54, 1.807) is 6.07 Å². The van der Waals surface area contributed by atoms with Crippen molar-refractivity contribution in [1.29, 1.82) is 0 Å². The molecule has 1 heterocycles. The topological polar surface area (TPSA) is 41.6 Å². The molecule has 1 aliphatic rings. The molecule has 1 aromatic rings. The molecule has 3 nitrogen and oxygen atoms in total. The van der Waals surface area contributed by atoms with Crippen LogP contribution < -0.4 is 5.73 Å². The van der Waals surface area contributed by atoms with E-state index in [0.717, 1.165) is 18.5 Å². The highest BCUT2D eigenvalue weighted by molar-refractivity contribution is 6.35. The number of aliphatic imine (C=N–C) groups is 1. The molecule has 0 aromatic heterocycles. The number of hydrogen-bond donors (Lipinski definition) is 1. The van der Waals surface area contributed by atoms with E-state index in [9.17, 15) is 0 Å².